The molecule has 0 saturated carbocycles. The van der Waals surface area contributed by atoms with Gasteiger partial charge in [-0.3, -0.25) is 14.4 Å². The zero-order valence-corrected chi connectivity index (χ0v) is 12.3. The van der Waals surface area contributed by atoms with E-state index in [0.29, 0.717) is 0 Å². The van der Waals surface area contributed by atoms with Crippen molar-refractivity contribution >= 4 is 23.4 Å². The summed E-state index contributed by atoms with van der Waals surface area (Å²) in [5, 5.41) is 2.56. The lowest BCUT2D eigenvalue weighted by molar-refractivity contribution is -0.119. The van der Waals surface area contributed by atoms with Gasteiger partial charge in [-0.2, -0.15) is 0 Å². The number of primary amides is 2. The number of hydrogen-bond donors (Lipinski definition) is 4. The van der Waals surface area contributed by atoms with Gasteiger partial charge in [0.15, 0.2) is 0 Å². The van der Waals surface area contributed by atoms with E-state index in [4.69, 9.17) is 17.2 Å². The molecule has 3 amide bonds. The topological polar surface area (TPSA) is 141 Å². The van der Waals surface area contributed by atoms with Gasteiger partial charge in [0.2, 0.25) is 17.7 Å². The van der Waals surface area contributed by atoms with E-state index in [1.54, 1.807) is 0 Å². The van der Waals surface area contributed by atoms with Crippen molar-refractivity contribution in [1.29, 1.82) is 0 Å². The number of benzene rings is 1. The molecule has 0 aliphatic heterocycles. The Balaban J connectivity index is 3.11. The van der Waals surface area contributed by atoms with E-state index in [2.05, 4.69) is 5.32 Å². The third kappa shape index (κ3) is 4.28. The van der Waals surface area contributed by atoms with Gasteiger partial charge in [-0.25, -0.2) is 0 Å². The molecule has 0 bridgehead atoms. The first-order valence-electron chi connectivity index (χ1n) is 6.33. The Morgan fingerprint density at radius 1 is 1.00 bits per heavy atom. The van der Waals surface area contributed by atoms with E-state index in [1.165, 1.54) is 18.2 Å². The van der Waals surface area contributed by atoms with E-state index in [1.807, 2.05) is 20.8 Å². The van der Waals surface area contributed by atoms with Gasteiger partial charge < -0.3 is 22.5 Å². The van der Waals surface area contributed by atoms with E-state index in [-0.39, 0.29) is 16.8 Å². The molecule has 0 spiro atoms. The summed E-state index contributed by atoms with van der Waals surface area (Å²) in [6.45, 7) is 5.48. The van der Waals surface area contributed by atoms with Crippen molar-refractivity contribution in [2.45, 2.75) is 26.8 Å². The fourth-order valence-electron chi connectivity index (χ4n) is 1.60. The molecule has 0 aliphatic carbocycles. The smallest absolute Gasteiger partial charge is 0.248 e. The summed E-state index contributed by atoms with van der Waals surface area (Å²) in [4.78, 5) is 34.5. The molecule has 7 N–H and O–H groups in total. The Bertz CT molecular complexity index is 558. The minimum atomic E-state index is -0.758. The molecule has 21 heavy (non-hydrogen) atoms. The molecule has 0 radical (unpaired) electrons. The minimum absolute atomic E-state index is 0.0749. The van der Waals surface area contributed by atoms with Crippen LogP contribution >= 0.6 is 0 Å². The molecule has 0 saturated heterocycles. The van der Waals surface area contributed by atoms with Gasteiger partial charge in [0.05, 0.1) is 6.04 Å². The van der Waals surface area contributed by atoms with Gasteiger partial charge in [0.25, 0.3) is 0 Å². The monoisotopic (exact) mass is 292 g/mol. The molecule has 0 heterocycles. The maximum atomic E-state index is 12.1. The number of rotatable bonds is 4. The van der Waals surface area contributed by atoms with Crippen LogP contribution in [0.1, 0.15) is 41.5 Å². The van der Waals surface area contributed by atoms with Crippen LogP contribution in [0.2, 0.25) is 0 Å². The van der Waals surface area contributed by atoms with Gasteiger partial charge in [-0.1, -0.05) is 20.8 Å². The Labute approximate surface area is 122 Å². The van der Waals surface area contributed by atoms with Crippen LogP contribution in [0.25, 0.3) is 0 Å². The van der Waals surface area contributed by atoms with Crippen LogP contribution < -0.4 is 22.5 Å². The normalized spacial score (nSPS) is 12.6. The second kappa shape index (κ2) is 5.92. The van der Waals surface area contributed by atoms with Crippen molar-refractivity contribution in [2.75, 3.05) is 5.32 Å². The standard InChI is InChI=1S/C14H20N4O3/c1-14(2,3)10(15)13(21)18-9-5-7(11(16)19)4-8(6-9)12(17)20/h4-6,10H,15H2,1-3H3,(H2,16,19)(H2,17,20)(H,18,21)/t10-/m1/s1. The minimum Gasteiger partial charge on any atom is -0.366 e. The molecule has 7 nitrogen and oxygen atoms in total. The average Bonchev–Trinajstić information content (AvgIpc) is 2.36. The number of nitrogens with two attached hydrogens (primary N) is 3. The Hall–Kier alpha value is -2.41. The van der Waals surface area contributed by atoms with Crippen LogP contribution in [-0.4, -0.2) is 23.8 Å². The Morgan fingerprint density at radius 3 is 1.76 bits per heavy atom. The summed E-state index contributed by atoms with van der Waals surface area (Å²) in [6, 6.07) is 3.24. The molecule has 114 valence electrons. The predicted octanol–water partition coefficient (Wildman–Crippen LogP) is 0.196. The highest BCUT2D eigenvalue weighted by molar-refractivity contribution is 6.02. The second-order valence-corrected chi connectivity index (χ2v) is 5.86. The highest BCUT2D eigenvalue weighted by atomic mass is 16.2. The number of amides is 3. The van der Waals surface area contributed by atoms with Crippen molar-refractivity contribution in [3.05, 3.63) is 29.3 Å². The molecule has 0 aromatic heterocycles. The lowest BCUT2D eigenvalue weighted by atomic mass is 9.87. The van der Waals surface area contributed by atoms with Gasteiger partial charge >= 0.3 is 0 Å². The largest absolute Gasteiger partial charge is 0.366 e. The molecular formula is C14H20N4O3. The van der Waals surface area contributed by atoms with Crippen LogP contribution in [0.3, 0.4) is 0 Å². The van der Waals surface area contributed by atoms with E-state index >= 15 is 0 Å². The van der Waals surface area contributed by atoms with E-state index in [0.717, 1.165) is 0 Å². The highest BCUT2D eigenvalue weighted by Gasteiger charge is 2.27. The molecular weight excluding hydrogens is 272 g/mol. The summed E-state index contributed by atoms with van der Waals surface area (Å²) < 4.78 is 0. The molecule has 1 aromatic carbocycles. The van der Waals surface area contributed by atoms with Crippen molar-refractivity contribution < 1.29 is 14.4 Å². The highest BCUT2D eigenvalue weighted by Crippen LogP contribution is 2.20. The third-order valence-corrected chi connectivity index (χ3v) is 2.99. The predicted molar refractivity (Wildman–Crippen MR) is 79.5 cm³/mol. The van der Waals surface area contributed by atoms with Gasteiger partial charge in [0, 0.05) is 16.8 Å². The summed E-state index contributed by atoms with van der Waals surface area (Å²) in [5.41, 5.74) is 16.2. The lowest BCUT2D eigenvalue weighted by Crippen LogP contribution is -2.45. The van der Waals surface area contributed by atoms with Crippen LogP contribution in [-0.2, 0) is 4.79 Å². The lowest BCUT2D eigenvalue weighted by Gasteiger charge is -2.25. The van der Waals surface area contributed by atoms with Crippen LogP contribution in [0.15, 0.2) is 18.2 Å². The number of carbonyl (C=O) groups excluding carboxylic acids is 3. The molecule has 7 heteroatoms. The summed E-state index contributed by atoms with van der Waals surface area (Å²) >= 11 is 0. The van der Waals surface area contributed by atoms with Crippen molar-refractivity contribution in [3.63, 3.8) is 0 Å². The third-order valence-electron chi connectivity index (χ3n) is 2.99. The Kier molecular flexibility index (Phi) is 4.69. The van der Waals surface area contributed by atoms with Gasteiger partial charge in [0.1, 0.15) is 0 Å². The quantitative estimate of drug-likeness (QED) is 0.628. The maximum absolute atomic E-state index is 12.1. The van der Waals surface area contributed by atoms with Crippen molar-refractivity contribution in [1.82, 2.24) is 0 Å². The van der Waals surface area contributed by atoms with E-state index < -0.39 is 29.2 Å². The molecule has 0 unspecified atom stereocenters. The van der Waals surface area contributed by atoms with Gasteiger partial charge in [-0.15, -0.1) is 0 Å². The zero-order valence-electron chi connectivity index (χ0n) is 12.3. The van der Waals surface area contributed by atoms with Crippen LogP contribution in [0.5, 0.6) is 0 Å². The summed E-state index contributed by atoms with van der Waals surface area (Å²) in [5.74, 6) is -1.89. The first-order valence-corrected chi connectivity index (χ1v) is 6.33. The SMILES string of the molecule is CC(C)(C)[C@H](N)C(=O)Nc1cc(C(N)=O)cc(C(N)=O)c1. The Morgan fingerprint density at radius 2 is 1.43 bits per heavy atom. The number of carbonyl (C=O) groups is 3. The zero-order chi connectivity index (χ0) is 16.4. The molecule has 1 rings (SSSR count). The van der Waals surface area contributed by atoms with Crippen molar-refractivity contribution in [2.24, 2.45) is 22.6 Å². The molecule has 1 atom stereocenters. The number of nitrogens with one attached hydrogen (secondary N) is 1. The van der Waals surface area contributed by atoms with Crippen LogP contribution in [0.4, 0.5) is 5.69 Å². The fourth-order valence-corrected chi connectivity index (χ4v) is 1.60. The first-order chi connectivity index (χ1) is 9.52. The number of hydrogen-bond acceptors (Lipinski definition) is 4. The van der Waals surface area contributed by atoms with E-state index in [9.17, 15) is 14.4 Å². The maximum Gasteiger partial charge on any atom is 0.248 e. The average molecular weight is 292 g/mol. The van der Waals surface area contributed by atoms with Crippen LogP contribution in [0, 0.1) is 5.41 Å². The fraction of sp³-hybridized carbons (Fsp3) is 0.357. The summed E-state index contributed by atoms with van der Waals surface area (Å²) in [6.07, 6.45) is 0. The van der Waals surface area contributed by atoms with Gasteiger partial charge in [-0.05, 0) is 23.6 Å². The molecule has 0 aliphatic rings. The second-order valence-electron chi connectivity index (χ2n) is 5.86. The first kappa shape index (κ1) is 16.6. The van der Waals surface area contributed by atoms with Crippen molar-refractivity contribution in [3.8, 4) is 0 Å². The molecule has 1 aromatic rings. The summed E-state index contributed by atoms with van der Waals surface area (Å²) in [7, 11) is 0. The number of anilines is 1. The molecule has 0 fully saturated rings.